The minimum Gasteiger partial charge on any atom is -0.351 e. The van der Waals surface area contributed by atoms with Crippen molar-refractivity contribution in [2.45, 2.75) is 25.7 Å². The maximum absolute atomic E-state index is 11.7. The predicted octanol–water partition coefficient (Wildman–Crippen LogP) is -0.171. The summed E-state index contributed by atoms with van der Waals surface area (Å²) in [4.78, 5) is 45.3. The zero-order valence-corrected chi connectivity index (χ0v) is 10.8. The van der Waals surface area contributed by atoms with Crippen LogP contribution < -0.4 is 5.32 Å². The van der Waals surface area contributed by atoms with Gasteiger partial charge in [-0.25, -0.2) is 0 Å². The molecular weight excluding hydrogens is 248 g/mol. The molecule has 0 saturated carbocycles. The standard InChI is InChI=1S/C13H18N2O4/c16-10-11(17)5-6-12(18)14-7-9-15-8-3-1-2-4-13(15)19/h5-6,10H,1-4,7-9H2,(H,14,18)/b6-5-. The number of nitrogens with one attached hydrogen (secondary N) is 1. The quantitative estimate of drug-likeness (QED) is 0.411. The molecule has 1 heterocycles. The lowest BCUT2D eigenvalue weighted by molar-refractivity contribution is -0.131. The van der Waals surface area contributed by atoms with Gasteiger partial charge in [-0.2, -0.15) is 0 Å². The molecule has 0 bridgehead atoms. The third kappa shape index (κ3) is 5.94. The second-order valence-electron chi connectivity index (χ2n) is 4.34. The van der Waals surface area contributed by atoms with Gasteiger partial charge in [-0.1, -0.05) is 6.42 Å². The van der Waals surface area contributed by atoms with Crippen LogP contribution in [0.4, 0.5) is 0 Å². The van der Waals surface area contributed by atoms with Crippen molar-refractivity contribution in [1.29, 1.82) is 0 Å². The van der Waals surface area contributed by atoms with Crippen LogP contribution in [0.1, 0.15) is 25.7 Å². The number of rotatable bonds is 6. The van der Waals surface area contributed by atoms with Crippen molar-refractivity contribution in [2.24, 2.45) is 0 Å². The maximum Gasteiger partial charge on any atom is 0.244 e. The summed E-state index contributed by atoms with van der Waals surface area (Å²) < 4.78 is 0. The summed E-state index contributed by atoms with van der Waals surface area (Å²) >= 11 is 0. The summed E-state index contributed by atoms with van der Waals surface area (Å²) in [5.74, 6) is -1.08. The summed E-state index contributed by atoms with van der Waals surface area (Å²) in [6.45, 7) is 1.54. The van der Waals surface area contributed by atoms with Gasteiger partial charge in [-0.3, -0.25) is 19.2 Å². The number of carbonyl (C=O) groups is 4. The zero-order valence-electron chi connectivity index (χ0n) is 10.8. The lowest BCUT2D eigenvalue weighted by atomic mass is 10.2. The number of amides is 2. The number of aldehydes is 1. The number of carbonyl (C=O) groups excluding carboxylic acids is 4. The first-order chi connectivity index (χ1) is 9.13. The number of allylic oxidation sites excluding steroid dienone is 1. The molecule has 1 rings (SSSR count). The van der Waals surface area contributed by atoms with Gasteiger partial charge in [0.25, 0.3) is 0 Å². The van der Waals surface area contributed by atoms with E-state index in [0.29, 0.717) is 19.5 Å². The molecule has 2 amide bonds. The van der Waals surface area contributed by atoms with Gasteiger partial charge in [0.15, 0.2) is 6.29 Å². The highest BCUT2D eigenvalue weighted by Crippen LogP contribution is 2.10. The Hall–Kier alpha value is -1.98. The van der Waals surface area contributed by atoms with Crippen molar-refractivity contribution in [3.8, 4) is 0 Å². The fraction of sp³-hybridized carbons (Fsp3) is 0.538. The molecule has 1 aliphatic heterocycles. The maximum atomic E-state index is 11.7. The highest BCUT2D eigenvalue weighted by atomic mass is 16.2. The van der Waals surface area contributed by atoms with Gasteiger partial charge in [0.05, 0.1) is 0 Å². The van der Waals surface area contributed by atoms with E-state index >= 15 is 0 Å². The summed E-state index contributed by atoms with van der Waals surface area (Å²) in [7, 11) is 0. The van der Waals surface area contributed by atoms with Gasteiger partial charge in [0.1, 0.15) is 0 Å². The zero-order chi connectivity index (χ0) is 14.1. The first kappa shape index (κ1) is 15.1. The number of hydrogen-bond donors (Lipinski definition) is 1. The Balaban J connectivity index is 2.27. The fourth-order valence-corrected chi connectivity index (χ4v) is 1.85. The van der Waals surface area contributed by atoms with Crippen LogP contribution >= 0.6 is 0 Å². The van der Waals surface area contributed by atoms with Crippen LogP contribution in [-0.2, 0) is 19.2 Å². The van der Waals surface area contributed by atoms with Crippen molar-refractivity contribution >= 4 is 23.9 Å². The Bertz CT molecular complexity index is 390. The van der Waals surface area contributed by atoms with E-state index in [4.69, 9.17) is 0 Å². The molecule has 0 atom stereocenters. The van der Waals surface area contributed by atoms with Gasteiger partial charge in [0.2, 0.25) is 17.6 Å². The molecule has 1 N–H and O–H groups in total. The second-order valence-corrected chi connectivity index (χ2v) is 4.34. The Morgan fingerprint density at radius 2 is 2.00 bits per heavy atom. The van der Waals surface area contributed by atoms with Crippen LogP contribution in [0, 0.1) is 0 Å². The van der Waals surface area contributed by atoms with E-state index < -0.39 is 11.7 Å². The third-order valence-corrected chi connectivity index (χ3v) is 2.87. The Morgan fingerprint density at radius 1 is 1.21 bits per heavy atom. The number of likely N-dealkylation sites (tertiary alicyclic amines) is 1. The van der Waals surface area contributed by atoms with Crippen molar-refractivity contribution < 1.29 is 19.2 Å². The second kappa shape index (κ2) is 8.18. The van der Waals surface area contributed by atoms with Crippen LogP contribution in [0.25, 0.3) is 0 Å². The van der Waals surface area contributed by atoms with Crippen molar-refractivity contribution in [3.05, 3.63) is 12.2 Å². The minimum atomic E-state index is -0.752. The average Bonchev–Trinajstić information content (AvgIpc) is 2.61. The van der Waals surface area contributed by atoms with Gasteiger partial charge in [-0.05, 0) is 18.9 Å². The van der Waals surface area contributed by atoms with Gasteiger partial charge in [-0.15, -0.1) is 0 Å². The van der Waals surface area contributed by atoms with Crippen molar-refractivity contribution in [2.75, 3.05) is 19.6 Å². The van der Waals surface area contributed by atoms with E-state index in [1.165, 1.54) is 0 Å². The smallest absolute Gasteiger partial charge is 0.244 e. The molecule has 1 fully saturated rings. The van der Waals surface area contributed by atoms with Gasteiger partial charge in [0, 0.05) is 32.1 Å². The molecule has 6 heteroatoms. The molecule has 0 aromatic heterocycles. The Kier molecular flexibility index (Phi) is 6.49. The molecular formula is C13H18N2O4. The molecule has 1 saturated heterocycles. The average molecular weight is 266 g/mol. The van der Waals surface area contributed by atoms with Crippen LogP contribution in [0.15, 0.2) is 12.2 Å². The van der Waals surface area contributed by atoms with Crippen LogP contribution in [0.5, 0.6) is 0 Å². The first-order valence-corrected chi connectivity index (χ1v) is 6.36. The highest BCUT2D eigenvalue weighted by Gasteiger charge is 2.15. The molecule has 0 radical (unpaired) electrons. The van der Waals surface area contributed by atoms with E-state index in [2.05, 4.69) is 5.32 Å². The first-order valence-electron chi connectivity index (χ1n) is 6.36. The molecule has 0 aromatic carbocycles. The normalized spacial score (nSPS) is 16.2. The summed E-state index contributed by atoms with van der Waals surface area (Å²) in [5.41, 5.74) is 0. The van der Waals surface area contributed by atoms with E-state index in [9.17, 15) is 19.2 Å². The van der Waals surface area contributed by atoms with E-state index in [1.54, 1.807) is 4.90 Å². The van der Waals surface area contributed by atoms with Crippen molar-refractivity contribution in [3.63, 3.8) is 0 Å². The largest absolute Gasteiger partial charge is 0.351 e. The molecule has 0 spiro atoms. The predicted molar refractivity (Wildman–Crippen MR) is 68.3 cm³/mol. The Labute approximate surface area is 111 Å². The van der Waals surface area contributed by atoms with Crippen LogP contribution in [-0.4, -0.2) is 48.4 Å². The highest BCUT2D eigenvalue weighted by molar-refractivity contribution is 6.31. The fourth-order valence-electron chi connectivity index (χ4n) is 1.85. The topological polar surface area (TPSA) is 83.6 Å². The van der Waals surface area contributed by atoms with Crippen molar-refractivity contribution in [1.82, 2.24) is 10.2 Å². The number of ketones is 1. The molecule has 1 aliphatic rings. The third-order valence-electron chi connectivity index (χ3n) is 2.87. The molecule has 0 unspecified atom stereocenters. The van der Waals surface area contributed by atoms with Gasteiger partial charge < -0.3 is 10.2 Å². The Morgan fingerprint density at radius 3 is 2.74 bits per heavy atom. The summed E-state index contributed by atoms with van der Waals surface area (Å²) in [6.07, 6.45) is 5.62. The minimum absolute atomic E-state index is 0.124. The lowest BCUT2D eigenvalue weighted by Crippen LogP contribution is -2.37. The summed E-state index contributed by atoms with van der Waals surface area (Å²) in [6, 6.07) is 0. The van der Waals surface area contributed by atoms with E-state index in [0.717, 1.165) is 38.0 Å². The monoisotopic (exact) mass is 266 g/mol. The molecule has 19 heavy (non-hydrogen) atoms. The molecule has 6 nitrogen and oxygen atoms in total. The molecule has 0 aliphatic carbocycles. The van der Waals surface area contributed by atoms with E-state index in [1.807, 2.05) is 0 Å². The van der Waals surface area contributed by atoms with Gasteiger partial charge >= 0.3 is 0 Å². The molecule has 0 aromatic rings. The SMILES string of the molecule is O=CC(=O)/C=C\C(=O)NCCN1CCCCCC1=O. The lowest BCUT2D eigenvalue weighted by Gasteiger charge is -2.20. The number of nitrogens with zero attached hydrogens (tertiary/aromatic N) is 1. The number of hydrogen-bond acceptors (Lipinski definition) is 4. The molecule has 104 valence electrons. The summed E-state index contributed by atoms with van der Waals surface area (Å²) in [5, 5.41) is 2.56. The van der Waals surface area contributed by atoms with Crippen LogP contribution in [0.2, 0.25) is 0 Å². The van der Waals surface area contributed by atoms with E-state index in [-0.39, 0.29) is 12.2 Å². The van der Waals surface area contributed by atoms with Crippen LogP contribution in [0.3, 0.4) is 0 Å².